The van der Waals surface area contributed by atoms with E-state index in [4.69, 9.17) is 28.3 Å². The van der Waals surface area contributed by atoms with Crippen molar-refractivity contribution in [2.24, 2.45) is 5.14 Å². The van der Waals surface area contributed by atoms with Gasteiger partial charge in [-0.2, -0.15) is 0 Å². The third-order valence-electron chi connectivity index (χ3n) is 5.81. The maximum atomic E-state index is 13.2. The van der Waals surface area contributed by atoms with Crippen LogP contribution in [0.3, 0.4) is 0 Å². The van der Waals surface area contributed by atoms with Crippen LogP contribution in [0.2, 0.25) is 10.0 Å². The molecule has 0 radical (unpaired) electrons. The Hall–Kier alpha value is -3.29. The molecule has 2 aromatic carbocycles. The van der Waals surface area contributed by atoms with Crippen LogP contribution in [-0.4, -0.2) is 73.6 Å². The Labute approximate surface area is 235 Å². The van der Waals surface area contributed by atoms with Crippen molar-refractivity contribution in [2.45, 2.75) is 17.7 Å². The standard InChI is InChI=1S/C25H27Cl2N7O4S/c1-32(2)13-16(35)9-14-5-7-15(8-6-14)10-20-29-23-21(25(36)30-20)24(33(3)4)31-34(23)22-18(26)11-17(12-19(22)27)39(28,37)38/h5-8,11-12H,9-10,13H2,1-4H3,(H2,28,37,38)(H,29,30,36). The summed E-state index contributed by atoms with van der Waals surface area (Å²) in [6, 6.07) is 9.84. The minimum Gasteiger partial charge on any atom is -0.361 e. The monoisotopic (exact) mass is 591 g/mol. The van der Waals surface area contributed by atoms with Crippen LogP contribution in [0, 0.1) is 0 Å². The predicted octanol–water partition coefficient (Wildman–Crippen LogP) is 2.39. The number of likely N-dealkylation sites (N-methyl/N-ethyl adjacent to an activating group) is 1. The van der Waals surface area contributed by atoms with Crippen molar-refractivity contribution in [2.75, 3.05) is 39.6 Å². The number of hydrogen-bond donors (Lipinski definition) is 2. The first-order valence-electron chi connectivity index (χ1n) is 11.7. The van der Waals surface area contributed by atoms with Crippen molar-refractivity contribution in [1.82, 2.24) is 24.6 Å². The zero-order valence-electron chi connectivity index (χ0n) is 21.7. The van der Waals surface area contributed by atoms with E-state index in [0.717, 1.165) is 11.1 Å². The third kappa shape index (κ3) is 6.31. The molecular formula is C25H27Cl2N7O4S. The van der Waals surface area contributed by atoms with E-state index in [1.807, 2.05) is 43.3 Å². The van der Waals surface area contributed by atoms with Crippen LogP contribution in [0.25, 0.3) is 16.7 Å². The number of H-pyrrole nitrogens is 1. The van der Waals surface area contributed by atoms with E-state index in [9.17, 15) is 18.0 Å². The van der Waals surface area contributed by atoms with Crippen molar-refractivity contribution < 1.29 is 13.2 Å². The van der Waals surface area contributed by atoms with Gasteiger partial charge in [-0.1, -0.05) is 47.5 Å². The van der Waals surface area contributed by atoms with Crippen molar-refractivity contribution in [3.05, 3.63) is 73.7 Å². The number of hydrogen-bond acceptors (Lipinski definition) is 8. The number of aromatic nitrogens is 4. The quantitative estimate of drug-likeness (QED) is 0.301. The highest BCUT2D eigenvalue weighted by atomic mass is 35.5. The number of aromatic amines is 1. The van der Waals surface area contributed by atoms with Gasteiger partial charge in [0.15, 0.2) is 17.2 Å². The molecule has 0 unspecified atom stereocenters. The number of primary sulfonamides is 1. The first-order valence-corrected chi connectivity index (χ1v) is 14.0. The molecule has 14 heteroatoms. The molecule has 39 heavy (non-hydrogen) atoms. The summed E-state index contributed by atoms with van der Waals surface area (Å²) in [5.41, 5.74) is 1.69. The van der Waals surface area contributed by atoms with Gasteiger partial charge in [-0.25, -0.2) is 23.2 Å². The highest BCUT2D eigenvalue weighted by Gasteiger charge is 2.24. The van der Waals surface area contributed by atoms with Gasteiger partial charge in [-0.3, -0.25) is 9.59 Å². The Bertz CT molecular complexity index is 1710. The Morgan fingerprint density at radius 3 is 2.18 bits per heavy atom. The third-order valence-corrected chi connectivity index (χ3v) is 7.28. The lowest BCUT2D eigenvalue weighted by atomic mass is 10.0. The zero-order valence-corrected chi connectivity index (χ0v) is 24.0. The largest absolute Gasteiger partial charge is 0.361 e. The Kier molecular flexibility index (Phi) is 8.14. The fraction of sp³-hybridized carbons (Fsp3) is 0.280. The number of nitrogens with zero attached hydrogens (tertiary/aromatic N) is 5. The normalized spacial score (nSPS) is 11.9. The Morgan fingerprint density at radius 2 is 1.64 bits per heavy atom. The van der Waals surface area contributed by atoms with Gasteiger partial charge in [0.1, 0.15) is 16.9 Å². The highest BCUT2D eigenvalue weighted by Crippen LogP contribution is 2.34. The summed E-state index contributed by atoms with van der Waals surface area (Å²) in [6.45, 7) is 0.369. The molecule has 0 saturated heterocycles. The molecule has 11 nitrogen and oxygen atoms in total. The first-order chi connectivity index (χ1) is 18.2. The molecule has 4 aromatic rings. The molecule has 0 saturated carbocycles. The molecule has 2 heterocycles. The second-order valence-corrected chi connectivity index (χ2v) is 11.9. The van der Waals surface area contributed by atoms with Crippen molar-refractivity contribution in [1.29, 1.82) is 0 Å². The molecular weight excluding hydrogens is 565 g/mol. The van der Waals surface area contributed by atoms with Gasteiger partial charge in [-0.15, -0.1) is 5.10 Å². The predicted molar refractivity (Wildman–Crippen MR) is 152 cm³/mol. The van der Waals surface area contributed by atoms with Gasteiger partial charge in [0.05, 0.1) is 21.5 Å². The van der Waals surface area contributed by atoms with Crippen LogP contribution in [0.5, 0.6) is 0 Å². The van der Waals surface area contributed by atoms with Gasteiger partial charge in [0.25, 0.3) is 5.56 Å². The van der Waals surface area contributed by atoms with Crippen LogP contribution in [-0.2, 0) is 27.7 Å². The Balaban J connectivity index is 1.76. The first kappa shape index (κ1) is 28.7. The van der Waals surface area contributed by atoms with Gasteiger partial charge in [0.2, 0.25) is 10.0 Å². The minimum absolute atomic E-state index is 0.0377. The number of fused-ring (bicyclic) bond motifs is 1. The molecule has 206 valence electrons. The average Bonchev–Trinajstić information content (AvgIpc) is 3.19. The van der Waals surface area contributed by atoms with E-state index < -0.39 is 15.6 Å². The summed E-state index contributed by atoms with van der Waals surface area (Å²) in [5.74, 6) is 0.798. The fourth-order valence-corrected chi connectivity index (χ4v) is 5.46. The lowest BCUT2D eigenvalue weighted by Crippen LogP contribution is -2.22. The van der Waals surface area contributed by atoms with Crippen molar-refractivity contribution >= 4 is 55.9 Å². The van der Waals surface area contributed by atoms with Gasteiger partial charge < -0.3 is 14.8 Å². The van der Waals surface area contributed by atoms with E-state index in [0.29, 0.717) is 31.0 Å². The topological polar surface area (TPSA) is 147 Å². The second kappa shape index (κ2) is 11.1. The molecule has 4 rings (SSSR count). The number of carbonyl (C=O) groups is 1. The summed E-state index contributed by atoms with van der Waals surface area (Å²) in [5, 5.41) is 9.88. The number of sulfonamides is 1. The summed E-state index contributed by atoms with van der Waals surface area (Å²) in [7, 11) is 3.08. The summed E-state index contributed by atoms with van der Waals surface area (Å²) in [4.78, 5) is 36.0. The lowest BCUT2D eigenvalue weighted by molar-refractivity contribution is -0.119. The molecule has 2 aromatic heterocycles. The number of benzene rings is 2. The molecule has 0 amide bonds. The van der Waals surface area contributed by atoms with Gasteiger partial charge >= 0.3 is 0 Å². The second-order valence-electron chi connectivity index (χ2n) is 9.57. The highest BCUT2D eigenvalue weighted by molar-refractivity contribution is 7.89. The molecule has 3 N–H and O–H groups in total. The number of rotatable bonds is 9. The van der Waals surface area contributed by atoms with E-state index in [2.05, 4.69) is 15.1 Å². The summed E-state index contributed by atoms with van der Waals surface area (Å²) >= 11 is 12.9. The van der Waals surface area contributed by atoms with Crippen molar-refractivity contribution in [3.63, 3.8) is 0 Å². The van der Waals surface area contributed by atoms with Crippen molar-refractivity contribution in [3.8, 4) is 5.69 Å². The van der Waals surface area contributed by atoms with Crippen LogP contribution >= 0.6 is 23.2 Å². The summed E-state index contributed by atoms with van der Waals surface area (Å²) < 4.78 is 25.0. The summed E-state index contributed by atoms with van der Waals surface area (Å²) in [6.07, 6.45) is 0.628. The van der Waals surface area contributed by atoms with Crippen LogP contribution in [0.4, 0.5) is 5.82 Å². The number of nitrogens with two attached hydrogens (primary N) is 1. The number of halogens is 2. The maximum Gasteiger partial charge on any atom is 0.264 e. The Morgan fingerprint density at radius 1 is 1.05 bits per heavy atom. The van der Waals surface area contributed by atoms with Crippen LogP contribution in [0.15, 0.2) is 46.1 Å². The van der Waals surface area contributed by atoms with Crippen LogP contribution < -0.4 is 15.6 Å². The molecule has 0 aliphatic carbocycles. The molecule has 0 atom stereocenters. The van der Waals surface area contributed by atoms with E-state index in [-0.39, 0.29) is 37.4 Å². The molecule has 0 aliphatic heterocycles. The van der Waals surface area contributed by atoms with Crippen LogP contribution in [0.1, 0.15) is 17.0 Å². The molecule has 0 bridgehead atoms. The number of nitrogens with one attached hydrogen (secondary N) is 1. The zero-order chi connectivity index (χ0) is 28.6. The average molecular weight is 593 g/mol. The van der Waals surface area contributed by atoms with Gasteiger partial charge in [0, 0.05) is 26.9 Å². The molecule has 0 aliphatic rings. The maximum absolute atomic E-state index is 13.2. The smallest absolute Gasteiger partial charge is 0.264 e. The number of carbonyl (C=O) groups excluding carboxylic acids is 1. The SMILES string of the molecule is CN(C)CC(=O)Cc1ccc(Cc2nc3c(c(N(C)C)nn3-c3c(Cl)cc(S(N)(=O)=O)cc3Cl)c(=O)[nH]2)cc1. The number of ketones is 1. The van der Waals surface area contributed by atoms with E-state index in [1.165, 1.54) is 16.8 Å². The number of Topliss-reactive ketones (excluding diaryl/α,β-unsaturated/α-hetero) is 1. The fourth-order valence-electron chi connectivity index (χ4n) is 4.12. The lowest BCUT2D eigenvalue weighted by Gasteiger charge is -2.11. The van der Waals surface area contributed by atoms with E-state index in [1.54, 1.807) is 19.0 Å². The molecule has 0 fully saturated rings. The van der Waals surface area contributed by atoms with Gasteiger partial charge in [-0.05, 0) is 37.4 Å². The van der Waals surface area contributed by atoms with E-state index >= 15 is 0 Å². The number of anilines is 1. The molecule has 0 spiro atoms. The minimum atomic E-state index is -4.06.